The van der Waals surface area contributed by atoms with Crippen molar-refractivity contribution in [3.63, 3.8) is 0 Å². The van der Waals surface area contributed by atoms with Crippen molar-refractivity contribution in [2.45, 2.75) is 13.0 Å². The lowest BCUT2D eigenvalue weighted by Crippen LogP contribution is -2.18. The number of H-pyrrole nitrogens is 1. The quantitative estimate of drug-likeness (QED) is 0.516. The summed E-state index contributed by atoms with van der Waals surface area (Å²) in [4.78, 5) is 7.65. The maximum atomic E-state index is 11.0. The number of pyridine rings is 2. The lowest BCUT2D eigenvalue weighted by atomic mass is 9.96. The van der Waals surface area contributed by atoms with E-state index < -0.39 is 0 Å². The van der Waals surface area contributed by atoms with Crippen molar-refractivity contribution in [2.24, 2.45) is 0 Å². The number of nitrogens with zero attached hydrogens (tertiary/aromatic N) is 1. The Morgan fingerprint density at radius 2 is 1.81 bits per heavy atom. The fraction of sp³-hybridized carbons (Fsp3) is 0.0909. The van der Waals surface area contributed by atoms with Crippen LogP contribution in [0.2, 0.25) is 0 Å². The average molecular weight is 358 g/mol. The predicted molar refractivity (Wildman–Crippen MR) is 105 cm³/mol. The predicted octanol–water partition coefficient (Wildman–Crippen LogP) is 3.97. The van der Waals surface area contributed by atoms with E-state index in [1.807, 2.05) is 61.7 Å². The van der Waals surface area contributed by atoms with Crippen molar-refractivity contribution in [1.82, 2.24) is 4.98 Å². The number of aryl methyl sites for hydroxylation is 1. The van der Waals surface area contributed by atoms with Gasteiger partial charge in [-0.25, -0.2) is 9.97 Å². The molecule has 0 radical (unpaired) electrons. The van der Waals surface area contributed by atoms with Crippen molar-refractivity contribution in [3.05, 3.63) is 89.7 Å². The Balaban J connectivity index is 1.87. The molecule has 0 unspecified atom stereocenters. The van der Waals surface area contributed by atoms with E-state index in [2.05, 4.69) is 15.3 Å². The van der Waals surface area contributed by atoms with E-state index in [0.29, 0.717) is 11.1 Å². The maximum absolute atomic E-state index is 11.0. The summed E-state index contributed by atoms with van der Waals surface area (Å²) in [5.41, 5.74) is 2.92. The minimum absolute atomic E-state index is 0.132. The lowest BCUT2D eigenvalue weighted by Gasteiger charge is -2.18. The number of aromatic nitrogens is 2. The molecule has 134 valence electrons. The van der Waals surface area contributed by atoms with Crippen LogP contribution in [0, 0.1) is 6.92 Å². The minimum Gasteiger partial charge on any atom is -0.508 e. The molecule has 4 rings (SSSR count). The Morgan fingerprint density at radius 1 is 0.963 bits per heavy atom. The molecule has 4 N–H and O–H groups in total. The van der Waals surface area contributed by atoms with Gasteiger partial charge in [-0.3, -0.25) is 5.32 Å². The summed E-state index contributed by atoms with van der Waals surface area (Å²) in [5, 5.41) is 25.2. The highest BCUT2D eigenvalue weighted by Crippen LogP contribution is 2.36. The molecule has 2 heterocycles. The van der Waals surface area contributed by atoms with E-state index >= 15 is 0 Å². The lowest BCUT2D eigenvalue weighted by molar-refractivity contribution is -0.361. The largest absolute Gasteiger partial charge is 0.508 e. The molecular formula is C22H20N3O2+. The van der Waals surface area contributed by atoms with Gasteiger partial charge in [-0.05, 0) is 37.3 Å². The zero-order valence-corrected chi connectivity index (χ0v) is 14.8. The summed E-state index contributed by atoms with van der Waals surface area (Å²) >= 11 is 0. The molecule has 4 aromatic rings. The molecule has 2 aromatic heterocycles. The van der Waals surface area contributed by atoms with E-state index in [0.717, 1.165) is 22.5 Å². The van der Waals surface area contributed by atoms with Gasteiger partial charge in [-0.2, -0.15) is 0 Å². The molecule has 2 aromatic carbocycles. The number of anilines is 1. The Kier molecular flexibility index (Phi) is 4.34. The maximum Gasteiger partial charge on any atom is 0.272 e. The highest BCUT2D eigenvalue weighted by molar-refractivity contribution is 5.86. The standard InChI is InChI=1S/C22H19N3O2/c1-14-8-9-15-10-11-18(22(27)21(15)24-14)20(16-5-4-6-17(26)13-16)25-19-7-2-3-12-23-19/h2-13,20,26-27H,1H3,(H,23,25)/p+1/t20-/m1/s1. The number of rotatable bonds is 4. The Labute approximate surface area is 157 Å². The topological polar surface area (TPSA) is 79.5 Å². The summed E-state index contributed by atoms with van der Waals surface area (Å²) in [6.45, 7) is 1.90. The SMILES string of the molecule is Cc1ccc2ccc([C@H](Nc3cccc[nH+]3)c3cccc(O)c3)c(O)c2n1. The second-order valence-electron chi connectivity index (χ2n) is 6.48. The van der Waals surface area contributed by atoms with Gasteiger partial charge in [0, 0.05) is 28.3 Å². The van der Waals surface area contributed by atoms with E-state index in [9.17, 15) is 10.2 Å². The van der Waals surface area contributed by atoms with Crippen LogP contribution in [-0.4, -0.2) is 15.2 Å². The van der Waals surface area contributed by atoms with Crippen molar-refractivity contribution < 1.29 is 15.2 Å². The second-order valence-corrected chi connectivity index (χ2v) is 6.48. The molecule has 5 heteroatoms. The summed E-state index contributed by atoms with van der Waals surface area (Å²) in [6.07, 6.45) is 1.83. The fourth-order valence-electron chi connectivity index (χ4n) is 3.20. The summed E-state index contributed by atoms with van der Waals surface area (Å²) < 4.78 is 0. The summed E-state index contributed by atoms with van der Waals surface area (Å²) in [7, 11) is 0. The zero-order valence-electron chi connectivity index (χ0n) is 14.8. The molecule has 0 aliphatic heterocycles. The van der Waals surface area contributed by atoms with Gasteiger partial charge in [0.1, 0.15) is 23.1 Å². The molecule has 27 heavy (non-hydrogen) atoms. The zero-order chi connectivity index (χ0) is 18.8. The van der Waals surface area contributed by atoms with Gasteiger partial charge >= 0.3 is 0 Å². The van der Waals surface area contributed by atoms with Gasteiger partial charge in [-0.15, -0.1) is 0 Å². The van der Waals surface area contributed by atoms with Gasteiger partial charge in [0.15, 0.2) is 0 Å². The van der Waals surface area contributed by atoms with E-state index in [4.69, 9.17) is 0 Å². The van der Waals surface area contributed by atoms with Crippen LogP contribution in [0.5, 0.6) is 11.5 Å². The third-order valence-corrected chi connectivity index (χ3v) is 4.53. The molecule has 0 amide bonds. The van der Waals surface area contributed by atoms with Gasteiger partial charge in [-0.1, -0.05) is 30.3 Å². The van der Waals surface area contributed by atoms with Gasteiger partial charge < -0.3 is 10.2 Å². The van der Waals surface area contributed by atoms with Crippen molar-refractivity contribution >= 4 is 16.7 Å². The minimum atomic E-state index is -0.373. The van der Waals surface area contributed by atoms with Crippen LogP contribution in [-0.2, 0) is 0 Å². The number of nitrogens with one attached hydrogen (secondary N) is 2. The van der Waals surface area contributed by atoms with Crippen molar-refractivity contribution in [1.29, 1.82) is 0 Å². The number of phenolic OH excluding ortho intramolecular Hbond substituents is 2. The highest BCUT2D eigenvalue weighted by atomic mass is 16.3. The first-order valence-corrected chi connectivity index (χ1v) is 8.73. The van der Waals surface area contributed by atoms with Gasteiger partial charge in [0.05, 0.1) is 6.20 Å². The molecule has 0 fully saturated rings. The highest BCUT2D eigenvalue weighted by Gasteiger charge is 2.24. The number of benzene rings is 2. The van der Waals surface area contributed by atoms with E-state index in [1.54, 1.807) is 18.2 Å². The van der Waals surface area contributed by atoms with Crippen molar-refractivity contribution in [2.75, 3.05) is 5.32 Å². The molecule has 0 aliphatic rings. The average Bonchev–Trinajstić information content (AvgIpc) is 2.68. The molecular weight excluding hydrogens is 338 g/mol. The van der Waals surface area contributed by atoms with Crippen LogP contribution in [0.3, 0.4) is 0 Å². The first-order chi connectivity index (χ1) is 13.1. The number of phenols is 2. The fourth-order valence-corrected chi connectivity index (χ4v) is 3.20. The Morgan fingerprint density at radius 3 is 2.59 bits per heavy atom. The van der Waals surface area contributed by atoms with Crippen LogP contribution >= 0.6 is 0 Å². The second kappa shape index (κ2) is 6.96. The van der Waals surface area contributed by atoms with Crippen LogP contribution in [0.25, 0.3) is 10.9 Å². The van der Waals surface area contributed by atoms with Gasteiger partial charge in [0.25, 0.3) is 5.82 Å². The van der Waals surface area contributed by atoms with Crippen molar-refractivity contribution in [3.8, 4) is 11.5 Å². The molecule has 1 atom stereocenters. The normalized spacial score (nSPS) is 12.0. The van der Waals surface area contributed by atoms with Crippen LogP contribution in [0.1, 0.15) is 22.9 Å². The smallest absolute Gasteiger partial charge is 0.272 e. The molecule has 0 saturated carbocycles. The monoisotopic (exact) mass is 358 g/mol. The molecule has 0 bridgehead atoms. The first kappa shape index (κ1) is 16.8. The molecule has 0 spiro atoms. The van der Waals surface area contributed by atoms with Crippen LogP contribution in [0.4, 0.5) is 5.82 Å². The number of aromatic amines is 1. The van der Waals surface area contributed by atoms with E-state index in [-0.39, 0.29) is 17.5 Å². The van der Waals surface area contributed by atoms with E-state index in [1.165, 1.54) is 0 Å². The number of fused-ring (bicyclic) bond motifs is 1. The third-order valence-electron chi connectivity index (χ3n) is 4.53. The molecule has 0 saturated heterocycles. The summed E-state index contributed by atoms with van der Waals surface area (Å²) in [6, 6.07) is 20.1. The number of hydrogen-bond donors (Lipinski definition) is 3. The third kappa shape index (κ3) is 3.40. The molecule has 5 nitrogen and oxygen atoms in total. The number of aromatic hydroxyl groups is 2. The van der Waals surface area contributed by atoms with Crippen LogP contribution < -0.4 is 10.3 Å². The Hall–Kier alpha value is -3.60. The first-order valence-electron chi connectivity index (χ1n) is 8.73. The Bertz CT molecular complexity index is 1100. The van der Waals surface area contributed by atoms with Gasteiger partial charge in [0.2, 0.25) is 0 Å². The van der Waals surface area contributed by atoms with Crippen LogP contribution in [0.15, 0.2) is 72.9 Å². The molecule has 0 aliphatic carbocycles. The number of hydrogen-bond acceptors (Lipinski definition) is 4. The summed E-state index contributed by atoms with van der Waals surface area (Å²) in [5.74, 6) is 1.10.